The van der Waals surface area contributed by atoms with E-state index in [1.165, 1.54) is 12.8 Å². The highest BCUT2D eigenvalue weighted by molar-refractivity contribution is 5.94. The molecular weight excluding hydrogens is 472 g/mol. The lowest BCUT2D eigenvalue weighted by molar-refractivity contribution is -0.172. The Hall–Kier alpha value is -1.72. The molecule has 1 aromatic rings. The van der Waals surface area contributed by atoms with Crippen molar-refractivity contribution in [2.24, 2.45) is 44.8 Å². The van der Waals surface area contributed by atoms with E-state index in [0.29, 0.717) is 35.6 Å². The second kappa shape index (κ2) is 8.39. The molecule has 5 aliphatic carbocycles. The molecule has 0 heterocycles. The van der Waals surface area contributed by atoms with Crippen LogP contribution in [0.15, 0.2) is 30.3 Å². The SMILES string of the molecule is C[C@@H]([C@H]1CC[C@@]2(C)[C@@H]3CC[C@H]4[C@@](C)(CO)[C@@H](NC(=O)c5ccccc5)CC[C@@]45C[C@@]35C(=O)C[C@]12C)N(C)C. The monoisotopic (exact) mass is 520 g/mol. The zero-order chi connectivity index (χ0) is 27.3. The molecular formula is C33H48N2O3. The Bertz CT molecular complexity index is 1140. The summed E-state index contributed by atoms with van der Waals surface area (Å²) < 4.78 is 0. The minimum atomic E-state index is -0.420. The topological polar surface area (TPSA) is 69.6 Å². The van der Waals surface area contributed by atoms with Crippen molar-refractivity contribution in [3.8, 4) is 0 Å². The molecule has 5 aliphatic rings. The largest absolute Gasteiger partial charge is 0.396 e. The van der Waals surface area contributed by atoms with Crippen molar-refractivity contribution < 1.29 is 14.7 Å². The van der Waals surface area contributed by atoms with Crippen LogP contribution in [0.2, 0.25) is 0 Å². The number of benzene rings is 1. The first kappa shape index (κ1) is 26.5. The molecule has 0 saturated heterocycles. The van der Waals surface area contributed by atoms with Crippen LogP contribution in [0.25, 0.3) is 0 Å². The van der Waals surface area contributed by atoms with Crippen LogP contribution in [0.5, 0.6) is 0 Å². The highest BCUT2D eigenvalue weighted by atomic mass is 16.3. The number of Topliss-reactive ketones (excluding diaryl/α,β-unsaturated/α-hetero) is 1. The summed E-state index contributed by atoms with van der Waals surface area (Å²) in [5, 5.41) is 14.2. The Morgan fingerprint density at radius 3 is 2.37 bits per heavy atom. The predicted octanol–water partition coefficient (Wildman–Crippen LogP) is 5.33. The lowest BCUT2D eigenvalue weighted by Crippen LogP contribution is -2.63. The van der Waals surface area contributed by atoms with Gasteiger partial charge in [-0.2, -0.15) is 0 Å². The molecule has 6 rings (SSSR count). The van der Waals surface area contributed by atoms with Gasteiger partial charge in [-0.3, -0.25) is 9.59 Å². The van der Waals surface area contributed by atoms with Crippen molar-refractivity contribution in [2.45, 2.75) is 91.1 Å². The number of nitrogens with one attached hydrogen (secondary N) is 1. The van der Waals surface area contributed by atoms with Gasteiger partial charge in [0, 0.05) is 34.9 Å². The third-order valence-electron chi connectivity index (χ3n) is 13.8. The van der Waals surface area contributed by atoms with Crippen LogP contribution in [0, 0.1) is 44.8 Å². The van der Waals surface area contributed by atoms with Crippen LogP contribution in [0.3, 0.4) is 0 Å². The molecule has 0 aliphatic heterocycles. The van der Waals surface area contributed by atoms with Crippen LogP contribution in [-0.4, -0.2) is 54.5 Å². The van der Waals surface area contributed by atoms with E-state index in [1.54, 1.807) is 0 Å². The van der Waals surface area contributed by atoms with Gasteiger partial charge in [-0.05, 0) is 112 Å². The maximum atomic E-state index is 14.5. The number of carbonyl (C=O) groups excluding carboxylic acids is 2. The van der Waals surface area contributed by atoms with Crippen molar-refractivity contribution in [3.63, 3.8) is 0 Å². The van der Waals surface area contributed by atoms with Crippen LogP contribution >= 0.6 is 0 Å². The van der Waals surface area contributed by atoms with Crippen molar-refractivity contribution in [1.29, 1.82) is 0 Å². The smallest absolute Gasteiger partial charge is 0.251 e. The van der Waals surface area contributed by atoms with Crippen molar-refractivity contribution in [2.75, 3.05) is 20.7 Å². The Balaban J connectivity index is 1.31. The summed E-state index contributed by atoms with van der Waals surface area (Å²) >= 11 is 0. The van der Waals surface area contributed by atoms with E-state index in [4.69, 9.17) is 0 Å². The number of aliphatic hydroxyl groups is 1. The fourth-order valence-electron chi connectivity index (χ4n) is 11.4. The molecule has 1 aromatic carbocycles. The second-order valence-electron chi connectivity index (χ2n) is 14.9. The molecule has 0 bridgehead atoms. The number of nitrogens with zero attached hydrogens (tertiary/aromatic N) is 1. The number of hydrogen-bond acceptors (Lipinski definition) is 4. The summed E-state index contributed by atoms with van der Waals surface area (Å²) in [4.78, 5) is 29.9. The summed E-state index contributed by atoms with van der Waals surface area (Å²) in [7, 11) is 4.36. The zero-order valence-electron chi connectivity index (χ0n) is 24.3. The molecule has 5 saturated carbocycles. The summed E-state index contributed by atoms with van der Waals surface area (Å²) in [6.45, 7) is 9.57. The van der Waals surface area contributed by atoms with E-state index in [9.17, 15) is 14.7 Å². The van der Waals surface area contributed by atoms with Gasteiger partial charge in [0.2, 0.25) is 0 Å². The molecule has 0 aromatic heterocycles. The number of fused-ring (bicyclic) bond motifs is 2. The van der Waals surface area contributed by atoms with Gasteiger partial charge in [0.05, 0.1) is 6.61 Å². The van der Waals surface area contributed by atoms with Crippen molar-refractivity contribution >= 4 is 11.7 Å². The second-order valence-corrected chi connectivity index (χ2v) is 14.9. The van der Waals surface area contributed by atoms with Gasteiger partial charge in [0.1, 0.15) is 5.78 Å². The molecule has 2 spiro atoms. The Kier molecular flexibility index (Phi) is 5.85. The lowest BCUT2D eigenvalue weighted by Gasteiger charge is -2.63. The first-order valence-electron chi connectivity index (χ1n) is 15.1. The van der Waals surface area contributed by atoms with E-state index < -0.39 is 5.41 Å². The number of ketones is 1. The predicted molar refractivity (Wildman–Crippen MR) is 150 cm³/mol. The zero-order valence-corrected chi connectivity index (χ0v) is 24.3. The molecule has 0 unspecified atom stereocenters. The molecule has 5 heteroatoms. The van der Waals surface area contributed by atoms with Gasteiger partial charge in [-0.15, -0.1) is 0 Å². The Morgan fingerprint density at radius 1 is 1.03 bits per heavy atom. The average molecular weight is 521 g/mol. The van der Waals surface area contributed by atoms with E-state index in [0.717, 1.165) is 32.1 Å². The van der Waals surface area contributed by atoms with Gasteiger partial charge in [0.25, 0.3) is 5.91 Å². The number of aliphatic hydroxyl groups excluding tert-OH is 1. The number of amides is 1. The Labute approximate surface area is 229 Å². The number of carbonyl (C=O) groups is 2. The van der Waals surface area contributed by atoms with Crippen LogP contribution < -0.4 is 5.32 Å². The Morgan fingerprint density at radius 2 is 1.71 bits per heavy atom. The number of hydrogen-bond donors (Lipinski definition) is 2. The normalized spacial score (nSPS) is 47.9. The molecule has 10 atom stereocenters. The maximum Gasteiger partial charge on any atom is 0.251 e. The number of rotatable bonds is 5. The van der Waals surface area contributed by atoms with Crippen LogP contribution in [0.4, 0.5) is 0 Å². The van der Waals surface area contributed by atoms with Crippen molar-refractivity contribution in [1.82, 2.24) is 10.2 Å². The van der Waals surface area contributed by atoms with Gasteiger partial charge in [0.15, 0.2) is 0 Å². The van der Waals surface area contributed by atoms with E-state index in [2.05, 4.69) is 52.0 Å². The average Bonchev–Trinajstić information content (AvgIpc) is 3.52. The van der Waals surface area contributed by atoms with Gasteiger partial charge >= 0.3 is 0 Å². The van der Waals surface area contributed by atoms with E-state index in [1.807, 2.05) is 30.3 Å². The van der Waals surface area contributed by atoms with Gasteiger partial charge in [-0.1, -0.05) is 39.0 Å². The van der Waals surface area contributed by atoms with Crippen LogP contribution in [-0.2, 0) is 4.79 Å². The molecule has 38 heavy (non-hydrogen) atoms. The first-order valence-corrected chi connectivity index (χ1v) is 15.1. The fraction of sp³-hybridized carbons (Fsp3) is 0.758. The first-order chi connectivity index (χ1) is 17.9. The highest BCUT2D eigenvalue weighted by Gasteiger charge is 2.85. The van der Waals surface area contributed by atoms with Crippen molar-refractivity contribution in [3.05, 3.63) is 35.9 Å². The molecule has 1 amide bonds. The minimum Gasteiger partial charge on any atom is -0.396 e. The maximum absolute atomic E-state index is 14.5. The molecule has 5 nitrogen and oxygen atoms in total. The standard InChI is InChI=1S/C33H48N2O3/c1-21(35(5)6)23-14-16-30(3)25-13-12-24-29(2,20-36)26(34-28(38)22-10-8-7-9-11-22)15-17-32(24)19-33(25,32)27(37)18-31(23,30)4/h7-11,21,23-26,36H,12-20H2,1-6H3,(H,34,38)/t21-,23+,24-,25-,26-,29+,30-,31+,32+,33-/m0/s1. The molecule has 5 fully saturated rings. The van der Waals surface area contributed by atoms with E-state index >= 15 is 0 Å². The van der Waals surface area contributed by atoms with Crippen LogP contribution in [0.1, 0.15) is 89.4 Å². The molecule has 208 valence electrons. The summed E-state index contributed by atoms with van der Waals surface area (Å²) in [6.07, 6.45) is 8.09. The fourth-order valence-corrected chi connectivity index (χ4v) is 11.4. The lowest BCUT2D eigenvalue weighted by atomic mass is 9.41. The quantitative estimate of drug-likeness (QED) is 0.551. The summed E-state index contributed by atoms with van der Waals surface area (Å²) in [5.74, 6) is 1.71. The highest BCUT2D eigenvalue weighted by Crippen LogP contribution is 2.87. The molecule has 2 N–H and O–H groups in total. The van der Waals surface area contributed by atoms with Gasteiger partial charge < -0.3 is 15.3 Å². The third-order valence-corrected chi connectivity index (χ3v) is 13.8. The van der Waals surface area contributed by atoms with Gasteiger partial charge in [-0.25, -0.2) is 0 Å². The minimum absolute atomic E-state index is 0.00591. The molecule has 0 radical (unpaired) electrons. The summed E-state index contributed by atoms with van der Waals surface area (Å²) in [6, 6.07) is 9.78. The van der Waals surface area contributed by atoms with E-state index in [-0.39, 0.29) is 46.1 Å². The summed E-state index contributed by atoms with van der Waals surface area (Å²) in [5.41, 5.74) is 0.243. The third kappa shape index (κ3) is 3.07.